The lowest BCUT2D eigenvalue weighted by molar-refractivity contribution is 0.0955. The van der Waals surface area contributed by atoms with E-state index in [-0.39, 0.29) is 11.7 Å². The maximum absolute atomic E-state index is 13.2. The molecule has 0 fully saturated rings. The van der Waals surface area contributed by atoms with E-state index in [1.54, 1.807) is 33.0 Å². The highest BCUT2D eigenvalue weighted by Crippen LogP contribution is 2.43. The van der Waals surface area contributed by atoms with E-state index in [1.807, 2.05) is 42.5 Å². The molecule has 0 unspecified atom stereocenters. The zero-order chi connectivity index (χ0) is 24.5. The van der Waals surface area contributed by atoms with E-state index < -0.39 is 0 Å². The van der Waals surface area contributed by atoms with Crippen molar-refractivity contribution in [3.05, 3.63) is 65.1 Å². The second-order valence-corrected chi connectivity index (χ2v) is 8.34. The van der Waals surface area contributed by atoms with Crippen LogP contribution >= 0.6 is 0 Å². The van der Waals surface area contributed by atoms with E-state index in [4.69, 9.17) is 24.0 Å². The molecular formula is C26H26N4O5. The molecule has 9 nitrogen and oxygen atoms in total. The fraction of sp³-hybridized carbons (Fsp3) is 0.308. The molecule has 0 saturated heterocycles. The summed E-state index contributed by atoms with van der Waals surface area (Å²) in [5.74, 6) is 1.41. The summed E-state index contributed by atoms with van der Waals surface area (Å²) >= 11 is 0. The van der Waals surface area contributed by atoms with E-state index in [0.717, 1.165) is 28.1 Å². The first-order valence-corrected chi connectivity index (χ1v) is 11.2. The zero-order valence-electron chi connectivity index (χ0n) is 20.1. The maximum Gasteiger partial charge on any atom is 0.203 e. The van der Waals surface area contributed by atoms with Crippen molar-refractivity contribution in [3.63, 3.8) is 0 Å². The Hall–Kier alpha value is -3.98. The molecular weight excluding hydrogens is 448 g/mol. The van der Waals surface area contributed by atoms with Crippen LogP contribution in [0.25, 0.3) is 16.8 Å². The van der Waals surface area contributed by atoms with Crippen LogP contribution in [-0.4, -0.2) is 54.0 Å². The van der Waals surface area contributed by atoms with Gasteiger partial charge in [0, 0.05) is 13.5 Å². The molecule has 1 atom stereocenters. The number of hydrogen-bond donors (Lipinski definition) is 0. The quantitative estimate of drug-likeness (QED) is 0.398. The third-order valence-corrected chi connectivity index (χ3v) is 6.34. The average Bonchev–Trinajstić information content (AvgIpc) is 3.26. The molecule has 0 spiro atoms. The van der Waals surface area contributed by atoms with Crippen LogP contribution in [0, 0.1) is 0 Å². The lowest BCUT2D eigenvalue weighted by Crippen LogP contribution is -2.24. The monoisotopic (exact) mass is 474 g/mol. The highest BCUT2D eigenvalue weighted by Gasteiger charge is 2.33. The summed E-state index contributed by atoms with van der Waals surface area (Å²) in [5, 5.41) is 13.6. The van der Waals surface area contributed by atoms with Crippen LogP contribution < -0.4 is 14.2 Å². The van der Waals surface area contributed by atoms with Crippen LogP contribution in [0.15, 0.2) is 42.5 Å². The van der Waals surface area contributed by atoms with Crippen LogP contribution in [0.2, 0.25) is 0 Å². The van der Waals surface area contributed by atoms with Gasteiger partial charge in [-0.25, -0.2) is 4.52 Å². The van der Waals surface area contributed by atoms with Gasteiger partial charge in [0.05, 0.1) is 44.9 Å². The number of ether oxygens (including phenoxy) is 4. The SMILES string of the molecule is COCc1nn2c3c(nnc2c1-c1ccccc1)C(=O)C[C@@H](c1cc(OC)c(OC)c(OC)c1)C3. The molecule has 2 aromatic heterocycles. The molecule has 1 aliphatic rings. The predicted octanol–water partition coefficient (Wildman–Crippen LogP) is 3.88. The van der Waals surface area contributed by atoms with Crippen LogP contribution in [0.5, 0.6) is 17.2 Å². The smallest absolute Gasteiger partial charge is 0.203 e. The van der Waals surface area contributed by atoms with E-state index in [2.05, 4.69) is 10.2 Å². The standard InChI is InChI=1S/C26H26N4O5/c1-32-14-18-23(15-8-6-5-7-9-15)26-28-27-24-19(30(26)29-18)10-16(11-20(24)31)17-12-21(33-2)25(35-4)22(13-17)34-3/h5-9,12-13,16H,10-11,14H2,1-4H3/t16-/m0/s1. The molecule has 9 heteroatoms. The minimum atomic E-state index is -0.119. The number of Topliss-reactive ketones (excluding diaryl/α,β-unsaturated/α-hetero) is 1. The Balaban J connectivity index is 1.65. The van der Waals surface area contributed by atoms with E-state index in [0.29, 0.717) is 48.0 Å². The van der Waals surface area contributed by atoms with Crippen molar-refractivity contribution in [1.29, 1.82) is 0 Å². The van der Waals surface area contributed by atoms with Crippen LogP contribution in [-0.2, 0) is 17.8 Å². The number of carbonyl (C=O) groups is 1. The summed E-state index contributed by atoms with van der Waals surface area (Å²) in [5.41, 5.74) is 5.15. The molecule has 0 amide bonds. The molecule has 180 valence electrons. The van der Waals surface area contributed by atoms with Crippen LogP contribution in [0.1, 0.15) is 39.8 Å². The van der Waals surface area contributed by atoms with Gasteiger partial charge in [-0.3, -0.25) is 4.79 Å². The van der Waals surface area contributed by atoms with Gasteiger partial charge in [-0.05, 0) is 35.6 Å². The second kappa shape index (κ2) is 9.34. The Morgan fingerprint density at radius 1 is 0.943 bits per heavy atom. The number of benzene rings is 2. The first-order valence-electron chi connectivity index (χ1n) is 11.2. The normalized spacial score (nSPS) is 15.2. The van der Waals surface area contributed by atoms with Crippen LogP contribution in [0.3, 0.4) is 0 Å². The van der Waals surface area contributed by atoms with E-state index in [1.165, 1.54) is 0 Å². The fourth-order valence-corrected chi connectivity index (χ4v) is 4.73. The number of rotatable bonds is 7. The average molecular weight is 475 g/mol. The molecule has 2 aromatic carbocycles. The summed E-state index contributed by atoms with van der Waals surface area (Å²) in [6.45, 7) is 0.312. The van der Waals surface area contributed by atoms with Gasteiger partial charge in [0.1, 0.15) is 0 Å². The zero-order valence-corrected chi connectivity index (χ0v) is 20.1. The summed E-state index contributed by atoms with van der Waals surface area (Å²) in [6, 6.07) is 13.7. The van der Waals surface area contributed by atoms with Gasteiger partial charge in [-0.15, -0.1) is 10.2 Å². The molecule has 2 heterocycles. The molecule has 0 N–H and O–H groups in total. The van der Waals surface area contributed by atoms with E-state index in [9.17, 15) is 4.79 Å². The number of methoxy groups -OCH3 is 4. The summed E-state index contributed by atoms with van der Waals surface area (Å²) in [6.07, 6.45) is 0.845. The number of nitrogens with zero attached hydrogens (tertiary/aromatic N) is 4. The van der Waals surface area contributed by atoms with E-state index >= 15 is 0 Å². The van der Waals surface area contributed by atoms with Crippen molar-refractivity contribution in [2.75, 3.05) is 28.4 Å². The number of carbonyl (C=O) groups excluding carboxylic acids is 1. The molecule has 0 aliphatic heterocycles. The number of ketones is 1. The van der Waals surface area contributed by atoms with Crippen molar-refractivity contribution in [3.8, 4) is 28.4 Å². The molecule has 4 aromatic rings. The fourth-order valence-electron chi connectivity index (χ4n) is 4.73. The van der Waals surface area contributed by atoms with Crippen molar-refractivity contribution < 1.29 is 23.7 Å². The highest BCUT2D eigenvalue weighted by atomic mass is 16.5. The lowest BCUT2D eigenvalue weighted by atomic mass is 9.83. The Morgan fingerprint density at radius 3 is 2.29 bits per heavy atom. The molecule has 0 radical (unpaired) electrons. The molecule has 35 heavy (non-hydrogen) atoms. The van der Waals surface area contributed by atoms with Gasteiger partial charge in [-0.1, -0.05) is 30.3 Å². The third kappa shape index (κ3) is 3.87. The van der Waals surface area contributed by atoms with Crippen molar-refractivity contribution in [1.82, 2.24) is 19.8 Å². The van der Waals surface area contributed by atoms with Crippen molar-refractivity contribution in [2.24, 2.45) is 0 Å². The first kappa shape index (κ1) is 22.8. The van der Waals surface area contributed by atoms with Crippen LogP contribution in [0.4, 0.5) is 0 Å². The number of fused-ring (bicyclic) bond motifs is 3. The van der Waals surface area contributed by atoms with Gasteiger partial charge >= 0.3 is 0 Å². The van der Waals surface area contributed by atoms with Gasteiger partial charge in [-0.2, -0.15) is 5.10 Å². The second-order valence-electron chi connectivity index (χ2n) is 8.34. The number of aromatic nitrogens is 4. The largest absolute Gasteiger partial charge is 0.493 e. The topological polar surface area (TPSA) is 97.1 Å². The summed E-state index contributed by atoms with van der Waals surface area (Å²) < 4.78 is 23.7. The molecule has 0 saturated carbocycles. The Bertz CT molecular complexity index is 1380. The van der Waals surface area contributed by atoms with Gasteiger partial charge in [0.15, 0.2) is 28.6 Å². The maximum atomic E-state index is 13.2. The summed E-state index contributed by atoms with van der Waals surface area (Å²) in [4.78, 5) is 13.2. The molecule has 5 rings (SSSR count). The molecule has 1 aliphatic carbocycles. The predicted molar refractivity (Wildman–Crippen MR) is 128 cm³/mol. The molecule has 0 bridgehead atoms. The lowest BCUT2D eigenvalue weighted by Gasteiger charge is -2.24. The van der Waals surface area contributed by atoms with Gasteiger partial charge in [0.25, 0.3) is 0 Å². The Labute approximate surface area is 202 Å². The van der Waals surface area contributed by atoms with Crippen molar-refractivity contribution >= 4 is 11.4 Å². The van der Waals surface area contributed by atoms with Gasteiger partial charge < -0.3 is 18.9 Å². The Kier molecular flexibility index (Phi) is 6.08. The third-order valence-electron chi connectivity index (χ3n) is 6.34. The minimum absolute atomic E-state index is 0.0792. The first-order chi connectivity index (χ1) is 17.1. The Morgan fingerprint density at radius 2 is 1.66 bits per heavy atom. The minimum Gasteiger partial charge on any atom is -0.493 e. The van der Waals surface area contributed by atoms with Gasteiger partial charge in [0.2, 0.25) is 5.75 Å². The summed E-state index contributed by atoms with van der Waals surface area (Å²) in [7, 11) is 6.35. The number of hydrogen-bond acceptors (Lipinski definition) is 8. The van der Waals surface area contributed by atoms with Crippen molar-refractivity contribution in [2.45, 2.75) is 25.4 Å². The highest BCUT2D eigenvalue weighted by molar-refractivity contribution is 5.97.